The van der Waals surface area contributed by atoms with E-state index < -0.39 is 0 Å². The molecule has 0 bridgehead atoms. The molecule has 0 aromatic heterocycles. The Balaban J connectivity index is 2.77. The van der Waals surface area contributed by atoms with Crippen molar-refractivity contribution in [2.24, 2.45) is 17.1 Å². The standard InChI is InChI=1S/C13H27NO/c1-10-6-8-13(15-5,9-7-10)11(14)12(2,3)4/h10-11H,6-9,14H2,1-5H3. The zero-order valence-corrected chi connectivity index (χ0v) is 11.0. The number of hydrogen-bond donors (Lipinski definition) is 1. The van der Waals surface area contributed by atoms with Crippen LogP contribution >= 0.6 is 0 Å². The van der Waals surface area contributed by atoms with Gasteiger partial charge in [0.05, 0.1) is 5.60 Å². The number of hydrogen-bond acceptors (Lipinski definition) is 2. The second-order valence-corrected chi connectivity index (χ2v) is 6.30. The maximum atomic E-state index is 6.39. The average molecular weight is 213 g/mol. The minimum Gasteiger partial charge on any atom is -0.377 e. The van der Waals surface area contributed by atoms with Crippen LogP contribution in [-0.4, -0.2) is 18.8 Å². The summed E-state index contributed by atoms with van der Waals surface area (Å²) >= 11 is 0. The predicted octanol–water partition coefficient (Wildman–Crippen LogP) is 2.96. The van der Waals surface area contributed by atoms with Crippen LogP contribution in [0.1, 0.15) is 53.4 Å². The first-order valence-corrected chi connectivity index (χ1v) is 6.12. The Bertz CT molecular complexity index is 199. The Hall–Kier alpha value is -0.0800. The van der Waals surface area contributed by atoms with E-state index in [0.717, 1.165) is 18.8 Å². The van der Waals surface area contributed by atoms with Gasteiger partial charge in [0.25, 0.3) is 0 Å². The molecule has 1 aliphatic carbocycles. The van der Waals surface area contributed by atoms with E-state index in [1.54, 1.807) is 0 Å². The summed E-state index contributed by atoms with van der Waals surface area (Å²) in [6.45, 7) is 8.94. The Labute approximate surface area is 94.6 Å². The largest absolute Gasteiger partial charge is 0.377 e. The fourth-order valence-corrected chi connectivity index (χ4v) is 2.68. The average Bonchev–Trinajstić information content (AvgIpc) is 2.17. The van der Waals surface area contributed by atoms with Crippen LogP contribution in [0.5, 0.6) is 0 Å². The molecule has 2 heteroatoms. The molecule has 1 aliphatic rings. The first-order valence-electron chi connectivity index (χ1n) is 6.12. The second-order valence-electron chi connectivity index (χ2n) is 6.30. The van der Waals surface area contributed by atoms with E-state index in [4.69, 9.17) is 10.5 Å². The Kier molecular flexibility index (Phi) is 3.83. The quantitative estimate of drug-likeness (QED) is 0.765. The van der Waals surface area contributed by atoms with E-state index in [0.29, 0.717) is 0 Å². The highest BCUT2D eigenvalue weighted by atomic mass is 16.5. The molecule has 1 saturated carbocycles. The van der Waals surface area contributed by atoms with Crippen molar-refractivity contribution < 1.29 is 4.74 Å². The van der Waals surface area contributed by atoms with Gasteiger partial charge in [0.15, 0.2) is 0 Å². The van der Waals surface area contributed by atoms with E-state index in [1.165, 1.54) is 12.8 Å². The maximum absolute atomic E-state index is 6.39. The van der Waals surface area contributed by atoms with Crippen LogP contribution in [0.15, 0.2) is 0 Å². The first-order chi connectivity index (χ1) is 6.82. The molecule has 90 valence electrons. The number of ether oxygens (including phenoxy) is 1. The van der Waals surface area contributed by atoms with Gasteiger partial charge in [0, 0.05) is 13.2 Å². The fourth-order valence-electron chi connectivity index (χ4n) is 2.68. The van der Waals surface area contributed by atoms with Crippen molar-refractivity contribution in [2.75, 3.05) is 7.11 Å². The third-order valence-corrected chi connectivity index (χ3v) is 4.03. The SMILES string of the molecule is COC1(C(N)C(C)(C)C)CCC(C)CC1. The summed E-state index contributed by atoms with van der Waals surface area (Å²) in [5.74, 6) is 0.834. The van der Waals surface area contributed by atoms with Gasteiger partial charge >= 0.3 is 0 Å². The van der Waals surface area contributed by atoms with Crippen molar-refractivity contribution in [1.82, 2.24) is 0 Å². The molecule has 0 heterocycles. The van der Waals surface area contributed by atoms with Crippen molar-refractivity contribution in [1.29, 1.82) is 0 Å². The van der Waals surface area contributed by atoms with Crippen molar-refractivity contribution in [3.63, 3.8) is 0 Å². The zero-order valence-electron chi connectivity index (χ0n) is 11.0. The molecule has 0 amide bonds. The van der Waals surface area contributed by atoms with Gasteiger partial charge in [-0.3, -0.25) is 0 Å². The molecule has 0 saturated heterocycles. The van der Waals surface area contributed by atoms with Gasteiger partial charge in [0.1, 0.15) is 0 Å². The number of methoxy groups -OCH3 is 1. The molecule has 1 atom stereocenters. The van der Waals surface area contributed by atoms with E-state index in [1.807, 2.05) is 7.11 Å². The van der Waals surface area contributed by atoms with Crippen LogP contribution in [0.2, 0.25) is 0 Å². The molecule has 1 fully saturated rings. The molecule has 1 rings (SSSR count). The highest BCUT2D eigenvalue weighted by molar-refractivity contribution is 4.99. The van der Waals surface area contributed by atoms with Crippen molar-refractivity contribution in [3.8, 4) is 0 Å². The van der Waals surface area contributed by atoms with E-state index in [2.05, 4.69) is 27.7 Å². The van der Waals surface area contributed by atoms with E-state index in [9.17, 15) is 0 Å². The summed E-state index contributed by atoms with van der Waals surface area (Å²) in [4.78, 5) is 0. The van der Waals surface area contributed by atoms with Gasteiger partial charge in [-0.2, -0.15) is 0 Å². The van der Waals surface area contributed by atoms with Crippen LogP contribution in [0, 0.1) is 11.3 Å². The fraction of sp³-hybridized carbons (Fsp3) is 1.00. The Morgan fingerprint density at radius 2 is 1.73 bits per heavy atom. The highest BCUT2D eigenvalue weighted by Gasteiger charge is 2.44. The van der Waals surface area contributed by atoms with Crippen LogP contribution in [0.25, 0.3) is 0 Å². The Morgan fingerprint density at radius 3 is 2.07 bits per heavy atom. The van der Waals surface area contributed by atoms with Crippen LogP contribution in [-0.2, 0) is 4.74 Å². The van der Waals surface area contributed by atoms with Crippen LogP contribution in [0.3, 0.4) is 0 Å². The summed E-state index contributed by atoms with van der Waals surface area (Å²) in [6.07, 6.45) is 4.72. The van der Waals surface area contributed by atoms with Crippen molar-refractivity contribution in [2.45, 2.75) is 65.0 Å². The highest BCUT2D eigenvalue weighted by Crippen LogP contribution is 2.41. The summed E-state index contributed by atoms with van der Waals surface area (Å²) in [7, 11) is 1.82. The van der Waals surface area contributed by atoms with Gasteiger partial charge in [-0.25, -0.2) is 0 Å². The molecule has 0 spiro atoms. The molecule has 2 nitrogen and oxygen atoms in total. The minimum atomic E-state index is -0.0786. The van der Waals surface area contributed by atoms with Gasteiger partial charge in [0.2, 0.25) is 0 Å². The zero-order chi connectivity index (χ0) is 11.7. The monoisotopic (exact) mass is 213 g/mol. The number of nitrogens with two attached hydrogens (primary N) is 1. The molecule has 0 aromatic rings. The maximum Gasteiger partial charge on any atom is 0.0834 e. The minimum absolute atomic E-state index is 0.0786. The lowest BCUT2D eigenvalue weighted by atomic mass is 9.68. The molecule has 0 aromatic carbocycles. The molecule has 0 radical (unpaired) electrons. The predicted molar refractivity (Wildman–Crippen MR) is 64.8 cm³/mol. The topological polar surface area (TPSA) is 35.2 Å². The summed E-state index contributed by atoms with van der Waals surface area (Å²) in [6, 6.07) is 0.127. The molecule has 0 aliphatic heterocycles. The summed E-state index contributed by atoms with van der Waals surface area (Å²) < 4.78 is 5.79. The first kappa shape index (κ1) is 13.0. The van der Waals surface area contributed by atoms with Crippen molar-refractivity contribution >= 4 is 0 Å². The summed E-state index contributed by atoms with van der Waals surface area (Å²) in [5, 5.41) is 0. The molecular formula is C13H27NO. The third-order valence-electron chi connectivity index (χ3n) is 4.03. The lowest BCUT2D eigenvalue weighted by molar-refractivity contribution is -0.0887. The molecule has 1 unspecified atom stereocenters. The van der Waals surface area contributed by atoms with E-state index >= 15 is 0 Å². The van der Waals surface area contributed by atoms with Crippen LogP contribution in [0.4, 0.5) is 0 Å². The number of rotatable bonds is 2. The lowest BCUT2D eigenvalue weighted by Gasteiger charge is -2.47. The lowest BCUT2D eigenvalue weighted by Crippen LogP contribution is -2.57. The third kappa shape index (κ3) is 2.73. The van der Waals surface area contributed by atoms with Gasteiger partial charge in [-0.05, 0) is 37.0 Å². The van der Waals surface area contributed by atoms with Gasteiger partial charge in [-0.15, -0.1) is 0 Å². The van der Waals surface area contributed by atoms with Gasteiger partial charge < -0.3 is 10.5 Å². The molecule has 15 heavy (non-hydrogen) atoms. The van der Waals surface area contributed by atoms with E-state index in [-0.39, 0.29) is 17.1 Å². The smallest absolute Gasteiger partial charge is 0.0834 e. The molecule has 2 N–H and O–H groups in total. The van der Waals surface area contributed by atoms with Gasteiger partial charge in [-0.1, -0.05) is 27.7 Å². The second kappa shape index (κ2) is 4.42. The van der Waals surface area contributed by atoms with Crippen LogP contribution < -0.4 is 5.73 Å². The Morgan fingerprint density at radius 1 is 1.27 bits per heavy atom. The normalized spacial score (nSPS) is 35.2. The molecular weight excluding hydrogens is 186 g/mol. The van der Waals surface area contributed by atoms with Crippen molar-refractivity contribution in [3.05, 3.63) is 0 Å². The summed E-state index contributed by atoms with van der Waals surface area (Å²) in [5.41, 5.74) is 6.43.